The summed E-state index contributed by atoms with van der Waals surface area (Å²) in [5.41, 5.74) is 1.22. The lowest BCUT2D eigenvalue weighted by Crippen LogP contribution is -2.41. The summed E-state index contributed by atoms with van der Waals surface area (Å²) < 4.78 is 5.08. The number of nitrogens with zero attached hydrogens (tertiary/aromatic N) is 2. The third kappa shape index (κ3) is 11.7. The quantitative estimate of drug-likeness (QED) is 0.168. The van der Waals surface area contributed by atoms with Crippen LogP contribution in [0.3, 0.4) is 0 Å². The fourth-order valence-corrected chi connectivity index (χ4v) is 2.61. The lowest BCUT2D eigenvalue weighted by molar-refractivity contribution is 0.180. The van der Waals surface area contributed by atoms with Gasteiger partial charge in [0.25, 0.3) is 0 Å². The van der Waals surface area contributed by atoms with Gasteiger partial charge in [-0.05, 0) is 44.3 Å². The molecule has 0 bridgehead atoms. The molecule has 0 aliphatic heterocycles. The maximum Gasteiger partial charge on any atom is 0.191 e. The molecule has 0 amide bonds. The van der Waals surface area contributed by atoms with Crippen molar-refractivity contribution >= 4 is 41.7 Å². The number of likely N-dealkylation sites (N-methyl/N-ethyl adjacent to an activating group) is 1. The highest BCUT2D eigenvalue weighted by Crippen LogP contribution is 2.15. The molecule has 2 N–H and O–H groups in total. The predicted octanol–water partition coefficient (Wildman–Crippen LogP) is 3.05. The topological polar surface area (TPSA) is 48.9 Å². The highest BCUT2D eigenvalue weighted by molar-refractivity contribution is 14.0. The van der Waals surface area contributed by atoms with E-state index in [4.69, 9.17) is 4.74 Å². The van der Waals surface area contributed by atoms with Crippen molar-refractivity contribution in [2.75, 3.05) is 53.2 Å². The Morgan fingerprint density at radius 2 is 1.92 bits per heavy atom. The SMILES string of the molecule is CCNC(=NCc1ccc(SC)cc1)NCCN(C)CCCOC.I. The smallest absolute Gasteiger partial charge is 0.191 e. The van der Waals surface area contributed by atoms with Gasteiger partial charge in [-0.2, -0.15) is 0 Å². The summed E-state index contributed by atoms with van der Waals surface area (Å²) >= 11 is 1.76. The van der Waals surface area contributed by atoms with Crippen LogP contribution in [0, 0.1) is 0 Å². The molecule has 0 saturated heterocycles. The first-order chi connectivity index (χ1) is 11.7. The number of hydrogen-bond acceptors (Lipinski definition) is 4. The molecule has 1 rings (SSSR count). The Balaban J connectivity index is 0.00000576. The van der Waals surface area contributed by atoms with Crippen LogP contribution in [0.25, 0.3) is 0 Å². The molecule has 1 aromatic rings. The van der Waals surface area contributed by atoms with Crippen molar-refractivity contribution < 1.29 is 4.74 Å². The number of thioether (sulfide) groups is 1. The molecule has 0 fully saturated rings. The van der Waals surface area contributed by atoms with Gasteiger partial charge in [0.05, 0.1) is 6.54 Å². The molecule has 0 saturated carbocycles. The third-order valence-electron chi connectivity index (χ3n) is 3.60. The summed E-state index contributed by atoms with van der Waals surface area (Å²) in [6, 6.07) is 8.57. The van der Waals surface area contributed by atoms with Crippen LogP contribution in [-0.4, -0.2) is 64.1 Å². The Labute approximate surface area is 174 Å². The van der Waals surface area contributed by atoms with Crippen molar-refractivity contribution in [3.05, 3.63) is 29.8 Å². The summed E-state index contributed by atoms with van der Waals surface area (Å²) in [4.78, 5) is 8.24. The van der Waals surface area contributed by atoms with Crippen LogP contribution >= 0.6 is 35.7 Å². The molecular weight excluding hydrogens is 447 g/mol. The lowest BCUT2D eigenvalue weighted by atomic mass is 10.2. The van der Waals surface area contributed by atoms with Gasteiger partial charge in [-0.25, -0.2) is 4.99 Å². The molecule has 7 heteroatoms. The minimum atomic E-state index is 0. The van der Waals surface area contributed by atoms with Gasteiger partial charge in [0.1, 0.15) is 0 Å². The van der Waals surface area contributed by atoms with E-state index >= 15 is 0 Å². The van der Waals surface area contributed by atoms with Crippen molar-refractivity contribution in [1.29, 1.82) is 0 Å². The second-order valence-corrected chi connectivity index (χ2v) is 6.50. The number of benzene rings is 1. The summed E-state index contributed by atoms with van der Waals surface area (Å²) in [6.45, 7) is 7.36. The van der Waals surface area contributed by atoms with Gasteiger partial charge in [-0.1, -0.05) is 12.1 Å². The molecule has 0 unspecified atom stereocenters. The molecule has 0 radical (unpaired) electrons. The average molecular weight is 480 g/mol. The molecule has 25 heavy (non-hydrogen) atoms. The van der Waals surface area contributed by atoms with Crippen LogP contribution in [0.5, 0.6) is 0 Å². The van der Waals surface area contributed by atoms with E-state index in [1.54, 1.807) is 18.9 Å². The van der Waals surface area contributed by atoms with Crippen LogP contribution in [-0.2, 0) is 11.3 Å². The molecule has 1 aromatic carbocycles. The van der Waals surface area contributed by atoms with Crippen molar-refractivity contribution in [1.82, 2.24) is 15.5 Å². The minimum Gasteiger partial charge on any atom is -0.385 e. The van der Waals surface area contributed by atoms with Gasteiger partial charge < -0.3 is 20.3 Å². The van der Waals surface area contributed by atoms with Gasteiger partial charge in [0.15, 0.2) is 5.96 Å². The number of rotatable bonds is 11. The van der Waals surface area contributed by atoms with E-state index in [1.165, 1.54) is 10.5 Å². The number of hydrogen-bond donors (Lipinski definition) is 2. The molecule has 0 heterocycles. The monoisotopic (exact) mass is 480 g/mol. The maximum absolute atomic E-state index is 5.08. The second-order valence-electron chi connectivity index (χ2n) is 5.62. The molecule has 0 aromatic heterocycles. The van der Waals surface area contributed by atoms with Gasteiger partial charge in [-0.15, -0.1) is 35.7 Å². The highest BCUT2D eigenvalue weighted by Gasteiger charge is 2.01. The summed E-state index contributed by atoms with van der Waals surface area (Å²) in [5, 5.41) is 6.69. The summed E-state index contributed by atoms with van der Waals surface area (Å²) in [6.07, 6.45) is 3.15. The lowest BCUT2D eigenvalue weighted by Gasteiger charge is -2.18. The van der Waals surface area contributed by atoms with Crippen LogP contribution in [0.1, 0.15) is 18.9 Å². The largest absolute Gasteiger partial charge is 0.385 e. The van der Waals surface area contributed by atoms with E-state index in [1.807, 2.05) is 0 Å². The standard InChI is InChI=1S/C18H32N4OS.HI/c1-5-19-18(20-11-13-22(2)12-6-14-23-3)21-15-16-7-9-17(24-4)10-8-16;/h7-10H,5-6,11-15H2,1-4H3,(H2,19,20,21);1H. The van der Waals surface area contributed by atoms with Crippen molar-refractivity contribution in [2.24, 2.45) is 4.99 Å². The van der Waals surface area contributed by atoms with Crippen molar-refractivity contribution in [3.8, 4) is 0 Å². The molecule has 0 aliphatic carbocycles. The van der Waals surface area contributed by atoms with E-state index in [2.05, 4.69) is 65.0 Å². The highest BCUT2D eigenvalue weighted by atomic mass is 127. The van der Waals surface area contributed by atoms with Crippen LogP contribution in [0.15, 0.2) is 34.2 Å². The van der Waals surface area contributed by atoms with Gasteiger partial charge in [-0.3, -0.25) is 0 Å². The van der Waals surface area contributed by atoms with Crippen LogP contribution in [0.2, 0.25) is 0 Å². The van der Waals surface area contributed by atoms with Crippen LogP contribution in [0.4, 0.5) is 0 Å². The number of halogens is 1. The fraction of sp³-hybridized carbons (Fsp3) is 0.611. The second kappa shape index (κ2) is 15.7. The fourth-order valence-electron chi connectivity index (χ4n) is 2.20. The Morgan fingerprint density at radius 3 is 2.52 bits per heavy atom. The van der Waals surface area contributed by atoms with Crippen molar-refractivity contribution in [2.45, 2.75) is 24.8 Å². The Hall–Kier alpha value is -0.510. The molecule has 5 nitrogen and oxygen atoms in total. The van der Waals surface area contributed by atoms with E-state index in [0.717, 1.165) is 45.2 Å². The number of aliphatic imine (C=N–C) groups is 1. The molecule has 0 atom stereocenters. The number of nitrogens with one attached hydrogen (secondary N) is 2. The molecular formula is C18H33IN4OS. The maximum atomic E-state index is 5.08. The van der Waals surface area contributed by atoms with E-state index < -0.39 is 0 Å². The molecule has 144 valence electrons. The number of guanidine groups is 1. The normalized spacial score (nSPS) is 11.3. The van der Waals surface area contributed by atoms with Gasteiger partial charge in [0, 0.05) is 44.8 Å². The molecule has 0 spiro atoms. The zero-order valence-corrected chi connectivity index (χ0v) is 19.0. The first kappa shape index (κ1) is 24.5. The third-order valence-corrected chi connectivity index (χ3v) is 4.34. The summed E-state index contributed by atoms with van der Waals surface area (Å²) in [5.74, 6) is 0.872. The van der Waals surface area contributed by atoms with Crippen LogP contribution < -0.4 is 10.6 Å². The van der Waals surface area contributed by atoms with E-state index in [0.29, 0.717) is 6.54 Å². The first-order valence-corrected chi connectivity index (χ1v) is 9.74. The van der Waals surface area contributed by atoms with Crippen molar-refractivity contribution in [3.63, 3.8) is 0 Å². The zero-order chi connectivity index (χ0) is 17.6. The van der Waals surface area contributed by atoms with E-state index in [-0.39, 0.29) is 24.0 Å². The number of methoxy groups -OCH3 is 1. The van der Waals surface area contributed by atoms with Gasteiger partial charge >= 0.3 is 0 Å². The first-order valence-electron chi connectivity index (χ1n) is 8.52. The molecule has 0 aliphatic rings. The minimum absolute atomic E-state index is 0. The Kier molecular flexibility index (Phi) is 15.4. The zero-order valence-electron chi connectivity index (χ0n) is 15.9. The average Bonchev–Trinajstić information content (AvgIpc) is 2.60. The Bertz CT molecular complexity index is 471. The number of ether oxygens (including phenoxy) is 1. The van der Waals surface area contributed by atoms with Gasteiger partial charge in [0.2, 0.25) is 0 Å². The summed E-state index contributed by atoms with van der Waals surface area (Å²) in [7, 11) is 3.88. The Morgan fingerprint density at radius 1 is 1.20 bits per heavy atom. The van der Waals surface area contributed by atoms with E-state index in [9.17, 15) is 0 Å². The predicted molar refractivity (Wildman–Crippen MR) is 120 cm³/mol.